The van der Waals surface area contributed by atoms with Gasteiger partial charge in [-0.3, -0.25) is 14.5 Å². The lowest BCUT2D eigenvalue weighted by molar-refractivity contribution is -0.123. The number of carbonyl (C=O) groups excluding carboxylic acids is 2. The normalized spacial score (nSPS) is 21.2. The number of hydrogen-bond acceptors (Lipinski definition) is 4. The van der Waals surface area contributed by atoms with Crippen LogP contribution in [0.3, 0.4) is 0 Å². The van der Waals surface area contributed by atoms with Crippen LogP contribution in [0, 0.1) is 0 Å². The van der Waals surface area contributed by atoms with Gasteiger partial charge < -0.3 is 4.74 Å². The minimum atomic E-state index is -0.303. The van der Waals surface area contributed by atoms with Crippen LogP contribution in [0.15, 0.2) is 54.6 Å². The van der Waals surface area contributed by atoms with Gasteiger partial charge in [0.2, 0.25) is 5.91 Å². The quantitative estimate of drug-likeness (QED) is 0.791. The van der Waals surface area contributed by atoms with Crippen LogP contribution in [0.4, 0.5) is 5.69 Å². The van der Waals surface area contributed by atoms with Gasteiger partial charge in [0.15, 0.2) is 0 Å². The van der Waals surface area contributed by atoms with E-state index in [9.17, 15) is 9.59 Å². The van der Waals surface area contributed by atoms with Gasteiger partial charge in [0.1, 0.15) is 11.5 Å². The highest BCUT2D eigenvalue weighted by atomic mass is 16.5. The summed E-state index contributed by atoms with van der Waals surface area (Å²) < 4.78 is 5.77. The number of likely N-dealkylation sites (tertiary alicyclic amines) is 1. The summed E-state index contributed by atoms with van der Waals surface area (Å²) in [5.41, 5.74) is 0.611. The number of ether oxygens (including phenoxy) is 1. The van der Waals surface area contributed by atoms with Gasteiger partial charge in [-0.25, -0.2) is 4.90 Å². The van der Waals surface area contributed by atoms with Crippen LogP contribution in [0.2, 0.25) is 0 Å². The maximum absolute atomic E-state index is 12.8. The third-order valence-corrected chi connectivity index (χ3v) is 5.03. The van der Waals surface area contributed by atoms with Gasteiger partial charge in [0.25, 0.3) is 5.91 Å². The molecule has 2 aromatic rings. The van der Waals surface area contributed by atoms with Crippen LogP contribution in [0.1, 0.15) is 25.7 Å². The molecule has 26 heavy (non-hydrogen) atoms. The third-order valence-electron chi connectivity index (χ3n) is 5.03. The number of anilines is 1. The molecule has 0 saturated carbocycles. The van der Waals surface area contributed by atoms with E-state index in [1.807, 2.05) is 30.3 Å². The van der Waals surface area contributed by atoms with Crippen LogP contribution in [-0.2, 0) is 9.59 Å². The van der Waals surface area contributed by atoms with Crippen LogP contribution < -0.4 is 9.64 Å². The van der Waals surface area contributed by atoms with Crippen LogP contribution in [0.5, 0.6) is 11.5 Å². The van der Waals surface area contributed by atoms with Crippen molar-refractivity contribution in [3.8, 4) is 11.5 Å². The summed E-state index contributed by atoms with van der Waals surface area (Å²) in [6.07, 6.45) is 3.69. The summed E-state index contributed by atoms with van der Waals surface area (Å²) in [5, 5.41) is 0. The maximum atomic E-state index is 12.8. The zero-order valence-corrected chi connectivity index (χ0v) is 14.6. The molecule has 0 spiro atoms. The summed E-state index contributed by atoms with van der Waals surface area (Å²) in [7, 11) is 0. The summed E-state index contributed by atoms with van der Waals surface area (Å²) in [6.45, 7) is 1.81. The molecule has 2 aromatic carbocycles. The fourth-order valence-corrected chi connectivity index (χ4v) is 3.69. The van der Waals surface area contributed by atoms with E-state index in [2.05, 4.69) is 4.90 Å². The second-order valence-corrected chi connectivity index (χ2v) is 6.79. The molecular weight excluding hydrogens is 328 g/mol. The fraction of sp³-hybridized carbons (Fsp3) is 0.333. The smallest absolute Gasteiger partial charge is 0.251 e. The van der Waals surface area contributed by atoms with Crippen LogP contribution >= 0.6 is 0 Å². The van der Waals surface area contributed by atoms with Gasteiger partial charge in [0.05, 0.1) is 18.2 Å². The molecule has 0 N–H and O–H groups in total. The molecule has 0 bridgehead atoms. The first-order chi connectivity index (χ1) is 12.7. The molecule has 0 aromatic heterocycles. The van der Waals surface area contributed by atoms with Gasteiger partial charge >= 0.3 is 0 Å². The minimum absolute atomic E-state index is 0.103. The van der Waals surface area contributed by atoms with E-state index in [-0.39, 0.29) is 24.3 Å². The molecule has 2 amide bonds. The molecule has 0 aliphatic carbocycles. The number of piperidine rings is 1. The van der Waals surface area contributed by atoms with E-state index in [1.54, 1.807) is 24.3 Å². The third kappa shape index (κ3) is 3.35. The highest BCUT2D eigenvalue weighted by Crippen LogP contribution is 2.29. The number of rotatable bonds is 4. The lowest BCUT2D eigenvalue weighted by Gasteiger charge is -2.30. The topological polar surface area (TPSA) is 49.9 Å². The Morgan fingerprint density at radius 2 is 1.46 bits per heavy atom. The van der Waals surface area contributed by atoms with Gasteiger partial charge in [-0.15, -0.1) is 0 Å². The lowest BCUT2D eigenvalue weighted by Crippen LogP contribution is -2.44. The van der Waals surface area contributed by atoms with Crippen LogP contribution in [-0.4, -0.2) is 35.8 Å². The Morgan fingerprint density at radius 3 is 2.15 bits per heavy atom. The Morgan fingerprint density at radius 1 is 0.808 bits per heavy atom. The lowest BCUT2D eigenvalue weighted by atomic mass is 10.1. The van der Waals surface area contributed by atoms with Crippen molar-refractivity contribution in [3.63, 3.8) is 0 Å². The molecule has 1 unspecified atom stereocenters. The van der Waals surface area contributed by atoms with Crippen molar-refractivity contribution in [1.82, 2.24) is 4.90 Å². The predicted molar refractivity (Wildman–Crippen MR) is 99.3 cm³/mol. The van der Waals surface area contributed by atoms with Crippen molar-refractivity contribution in [1.29, 1.82) is 0 Å². The number of hydrogen-bond donors (Lipinski definition) is 0. The zero-order valence-electron chi connectivity index (χ0n) is 14.6. The van der Waals surface area contributed by atoms with E-state index in [4.69, 9.17) is 4.74 Å². The van der Waals surface area contributed by atoms with Crippen molar-refractivity contribution >= 4 is 17.5 Å². The fourth-order valence-electron chi connectivity index (χ4n) is 3.69. The van der Waals surface area contributed by atoms with Gasteiger partial charge in [0, 0.05) is 0 Å². The van der Waals surface area contributed by atoms with Gasteiger partial charge in [-0.1, -0.05) is 24.6 Å². The first-order valence-electron chi connectivity index (χ1n) is 9.16. The summed E-state index contributed by atoms with van der Waals surface area (Å²) in [4.78, 5) is 28.8. The molecule has 1 atom stereocenters. The predicted octanol–water partition coefficient (Wildman–Crippen LogP) is 3.60. The van der Waals surface area contributed by atoms with E-state index in [0.29, 0.717) is 11.4 Å². The Hall–Kier alpha value is -2.66. The average Bonchev–Trinajstić information content (AvgIpc) is 2.98. The van der Waals surface area contributed by atoms with E-state index in [0.717, 1.165) is 31.7 Å². The van der Waals surface area contributed by atoms with Crippen molar-refractivity contribution in [3.05, 3.63) is 54.6 Å². The Bertz CT molecular complexity index is 783. The molecule has 2 heterocycles. The molecule has 5 nitrogen and oxygen atoms in total. The summed E-state index contributed by atoms with van der Waals surface area (Å²) in [6, 6.07) is 16.3. The van der Waals surface area contributed by atoms with Crippen molar-refractivity contribution in [2.45, 2.75) is 31.7 Å². The van der Waals surface area contributed by atoms with Crippen molar-refractivity contribution in [2.75, 3.05) is 18.0 Å². The number of nitrogens with zero attached hydrogens (tertiary/aromatic N) is 2. The van der Waals surface area contributed by atoms with E-state index in [1.165, 1.54) is 11.3 Å². The molecule has 5 heteroatoms. The minimum Gasteiger partial charge on any atom is -0.457 e. The van der Waals surface area contributed by atoms with Gasteiger partial charge in [-0.2, -0.15) is 0 Å². The second-order valence-electron chi connectivity index (χ2n) is 6.79. The molecule has 2 aliphatic heterocycles. The second kappa shape index (κ2) is 7.30. The summed E-state index contributed by atoms with van der Waals surface area (Å²) in [5.74, 6) is 1.20. The SMILES string of the molecule is O=C1CC(N2CCCCC2)C(=O)N1c1ccc(Oc2ccccc2)cc1. The first-order valence-corrected chi connectivity index (χ1v) is 9.16. The Labute approximate surface area is 153 Å². The summed E-state index contributed by atoms with van der Waals surface area (Å²) >= 11 is 0. The number of amides is 2. The molecule has 2 fully saturated rings. The Balaban J connectivity index is 1.48. The molecule has 4 rings (SSSR count). The largest absolute Gasteiger partial charge is 0.457 e. The maximum Gasteiger partial charge on any atom is 0.251 e. The highest BCUT2D eigenvalue weighted by molar-refractivity contribution is 6.22. The molecule has 2 aliphatic rings. The average molecular weight is 350 g/mol. The number of imide groups is 1. The van der Waals surface area contributed by atoms with Crippen LogP contribution in [0.25, 0.3) is 0 Å². The molecule has 134 valence electrons. The first kappa shape index (κ1) is 16.8. The number of para-hydroxylation sites is 1. The molecule has 2 saturated heterocycles. The van der Waals surface area contributed by atoms with Gasteiger partial charge in [-0.05, 0) is 62.3 Å². The zero-order chi connectivity index (χ0) is 17.9. The number of benzene rings is 2. The standard InChI is InChI=1S/C21H22N2O3/c24-20-15-19(22-13-5-2-6-14-22)21(25)23(20)16-9-11-18(12-10-16)26-17-7-3-1-4-8-17/h1,3-4,7-12,19H,2,5-6,13-15H2. The Kier molecular flexibility index (Phi) is 4.71. The molecular formula is C21H22N2O3. The van der Waals surface area contributed by atoms with E-state index >= 15 is 0 Å². The van der Waals surface area contributed by atoms with E-state index < -0.39 is 0 Å². The monoisotopic (exact) mass is 350 g/mol. The number of carbonyl (C=O) groups is 2. The highest BCUT2D eigenvalue weighted by Gasteiger charge is 2.42. The van der Waals surface area contributed by atoms with Crippen molar-refractivity contribution < 1.29 is 14.3 Å². The molecule has 0 radical (unpaired) electrons. The van der Waals surface area contributed by atoms with Crippen molar-refractivity contribution in [2.24, 2.45) is 0 Å².